The fraction of sp³-hybridized carbons (Fsp3) is 1.00. The molecule has 4 fully saturated rings. The molecule has 4 rings (SSSR count). The molecule has 2 spiro atoms. The summed E-state index contributed by atoms with van der Waals surface area (Å²) in [5.74, 6) is 0. The molecule has 1 N–H and O–H groups in total. The third kappa shape index (κ3) is 2.23. The van der Waals surface area contributed by atoms with E-state index in [1.807, 2.05) is 0 Å². The largest absolute Gasteiger partial charge is 0.316 e. The second kappa shape index (κ2) is 5.28. The summed E-state index contributed by atoms with van der Waals surface area (Å²) < 4.78 is 0. The molecule has 0 aromatic carbocycles. The van der Waals surface area contributed by atoms with E-state index in [0.29, 0.717) is 5.41 Å². The number of rotatable bonds is 1. The lowest BCUT2D eigenvalue weighted by Gasteiger charge is -2.59. The van der Waals surface area contributed by atoms with E-state index in [9.17, 15) is 0 Å². The second-order valence-electron chi connectivity index (χ2n) is 8.33. The molecule has 2 heterocycles. The van der Waals surface area contributed by atoms with Crippen molar-refractivity contribution in [3.05, 3.63) is 0 Å². The molecule has 2 aliphatic carbocycles. The Morgan fingerprint density at radius 1 is 0.850 bits per heavy atom. The van der Waals surface area contributed by atoms with E-state index in [2.05, 4.69) is 10.2 Å². The van der Waals surface area contributed by atoms with Gasteiger partial charge in [0.15, 0.2) is 0 Å². The van der Waals surface area contributed by atoms with Gasteiger partial charge in [0.1, 0.15) is 0 Å². The zero-order valence-corrected chi connectivity index (χ0v) is 13.1. The van der Waals surface area contributed by atoms with Gasteiger partial charge in [-0.05, 0) is 75.3 Å². The Hall–Kier alpha value is -0.0800. The monoisotopic (exact) mass is 276 g/mol. The normalized spacial score (nSPS) is 41.7. The van der Waals surface area contributed by atoms with Crippen LogP contribution in [-0.4, -0.2) is 37.1 Å². The zero-order valence-electron chi connectivity index (χ0n) is 13.1. The number of hydrogen-bond donors (Lipinski definition) is 1. The number of nitrogens with zero attached hydrogens (tertiary/aromatic N) is 1. The first-order valence-corrected chi connectivity index (χ1v) is 9.27. The van der Waals surface area contributed by atoms with Crippen molar-refractivity contribution in [2.24, 2.45) is 10.8 Å². The zero-order chi connectivity index (χ0) is 13.5. The van der Waals surface area contributed by atoms with Gasteiger partial charge in [-0.3, -0.25) is 4.90 Å². The van der Waals surface area contributed by atoms with E-state index in [0.717, 1.165) is 11.5 Å². The van der Waals surface area contributed by atoms with Gasteiger partial charge < -0.3 is 5.32 Å². The first-order chi connectivity index (χ1) is 9.82. The minimum absolute atomic E-state index is 0.641. The minimum Gasteiger partial charge on any atom is -0.316 e. The van der Waals surface area contributed by atoms with E-state index in [1.54, 1.807) is 19.3 Å². The van der Waals surface area contributed by atoms with Gasteiger partial charge in [0.2, 0.25) is 0 Å². The van der Waals surface area contributed by atoms with Gasteiger partial charge in [0, 0.05) is 19.1 Å². The first kappa shape index (κ1) is 13.6. The molecule has 0 aromatic heterocycles. The van der Waals surface area contributed by atoms with Crippen molar-refractivity contribution >= 4 is 0 Å². The molecule has 0 bridgehead atoms. The Balaban J connectivity index is 1.45. The summed E-state index contributed by atoms with van der Waals surface area (Å²) in [7, 11) is 0. The summed E-state index contributed by atoms with van der Waals surface area (Å²) >= 11 is 0. The van der Waals surface area contributed by atoms with Gasteiger partial charge >= 0.3 is 0 Å². The second-order valence-corrected chi connectivity index (χ2v) is 8.33. The van der Waals surface area contributed by atoms with E-state index in [4.69, 9.17) is 0 Å². The maximum atomic E-state index is 3.69. The topological polar surface area (TPSA) is 15.3 Å². The number of piperidine rings is 2. The lowest BCUT2D eigenvalue weighted by atomic mass is 9.56. The van der Waals surface area contributed by atoms with Gasteiger partial charge in [-0.25, -0.2) is 0 Å². The molecule has 2 unspecified atom stereocenters. The van der Waals surface area contributed by atoms with Crippen molar-refractivity contribution < 1.29 is 0 Å². The molecule has 2 aliphatic heterocycles. The van der Waals surface area contributed by atoms with Crippen molar-refractivity contribution in [3.8, 4) is 0 Å². The van der Waals surface area contributed by atoms with Gasteiger partial charge in [-0.15, -0.1) is 0 Å². The van der Waals surface area contributed by atoms with E-state index >= 15 is 0 Å². The van der Waals surface area contributed by atoms with Crippen LogP contribution in [0.15, 0.2) is 0 Å². The average molecular weight is 276 g/mol. The molecule has 2 heteroatoms. The Bertz CT molecular complexity index is 321. The highest BCUT2D eigenvalue weighted by atomic mass is 15.2. The van der Waals surface area contributed by atoms with Crippen LogP contribution in [0.1, 0.15) is 70.6 Å². The fourth-order valence-corrected chi connectivity index (χ4v) is 5.98. The van der Waals surface area contributed by atoms with Crippen LogP contribution in [0.25, 0.3) is 0 Å². The summed E-state index contributed by atoms with van der Waals surface area (Å²) in [6.45, 7) is 5.36. The van der Waals surface area contributed by atoms with Crippen LogP contribution in [0.5, 0.6) is 0 Å². The Labute approximate surface area is 124 Å². The van der Waals surface area contributed by atoms with Gasteiger partial charge in [-0.1, -0.05) is 19.3 Å². The van der Waals surface area contributed by atoms with Crippen molar-refractivity contribution in [3.63, 3.8) is 0 Å². The molecule has 0 aromatic rings. The summed E-state index contributed by atoms with van der Waals surface area (Å²) in [5.41, 5.74) is 1.40. The van der Waals surface area contributed by atoms with Crippen molar-refractivity contribution in [2.75, 3.05) is 26.2 Å². The highest BCUT2D eigenvalue weighted by Gasteiger charge is 2.51. The molecular formula is C18H32N2. The lowest BCUT2D eigenvalue weighted by molar-refractivity contribution is -0.0852. The van der Waals surface area contributed by atoms with Gasteiger partial charge in [0.05, 0.1) is 0 Å². The number of hydrogen-bond acceptors (Lipinski definition) is 2. The minimum atomic E-state index is 0.641. The maximum Gasteiger partial charge on any atom is 0.0152 e. The molecule has 0 radical (unpaired) electrons. The molecule has 2 saturated heterocycles. The Morgan fingerprint density at radius 2 is 1.70 bits per heavy atom. The van der Waals surface area contributed by atoms with Crippen LogP contribution < -0.4 is 5.32 Å². The predicted molar refractivity (Wildman–Crippen MR) is 83.9 cm³/mol. The Kier molecular flexibility index (Phi) is 3.58. The molecule has 114 valence electrons. The molecule has 20 heavy (non-hydrogen) atoms. The smallest absolute Gasteiger partial charge is 0.0152 e. The van der Waals surface area contributed by atoms with E-state index < -0.39 is 0 Å². The van der Waals surface area contributed by atoms with Crippen molar-refractivity contribution in [1.29, 1.82) is 0 Å². The van der Waals surface area contributed by atoms with Crippen LogP contribution in [-0.2, 0) is 0 Å². The van der Waals surface area contributed by atoms with E-state index in [1.165, 1.54) is 77.5 Å². The van der Waals surface area contributed by atoms with E-state index in [-0.39, 0.29) is 0 Å². The van der Waals surface area contributed by atoms with Crippen LogP contribution in [0, 0.1) is 10.8 Å². The average Bonchev–Trinajstić information content (AvgIpc) is 2.48. The predicted octanol–water partition coefficient (Wildman–Crippen LogP) is 3.56. The molecule has 2 atom stereocenters. The van der Waals surface area contributed by atoms with Crippen molar-refractivity contribution in [2.45, 2.75) is 76.7 Å². The first-order valence-electron chi connectivity index (χ1n) is 9.27. The molecular weight excluding hydrogens is 244 g/mol. The highest BCUT2D eigenvalue weighted by molar-refractivity contribution is 5.05. The molecule has 0 amide bonds. The third-order valence-electron chi connectivity index (χ3n) is 7.16. The van der Waals surface area contributed by atoms with Crippen LogP contribution in [0.2, 0.25) is 0 Å². The SMILES string of the molecule is C1CCC2(CC1)CCC2N1CCCC2(CCCNC2)C1. The number of nitrogens with one attached hydrogen (secondary N) is 1. The standard InChI is InChI=1S/C18H32N2/c1-2-9-18(10-3-1)11-6-16(18)20-13-5-8-17(15-20)7-4-12-19-14-17/h16,19H,1-15H2. The lowest BCUT2D eigenvalue weighted by Crippen LogP contribution is -2.61. The summed E-state index contributed by atoms with van der Waals surface area (Å²) in [6, 6.07) is 0.960. The maximum absolute atomic E-state index is 3.69. The summed E-state index contributed by atoms with van der Waals surface area (Å²) in [6.07, 6.45) is 16.5. The third-order valence-corrected chi connectivity index (χ3v) is 7.16. The van der Waals surface area contributed by atoms with Crippen LogP contribution >= 0.6 is 0 Å². The summed E-state index contributed by atoms with van der Waals surface area (Å²) in [5, 5.41) is 3.69. The van der Waals surface area contributed by atoms with Crippen LogP contribution in [0.4, 0.5) is 0 Å². The quantitative estimate of drug-likeness (QED) is 0.788. The molecule has 2 nitrogen and oxygen atoms in total. The van der Waals surface area contributed by atoms with Gasteiger partial charge in [0.25, 0.3) is 0 Å². The number of likely N-dealkylation sites (tertiary alicyclic amines) is 1. The summed E-state index contributed by atoms with van der Waals surface area (Å²) in [4.78, 5) is 2.95. The molecule has 2 saturated carbocycles. The van der Waals surface area contributed by atoms with Crippen molar-refractivity contribution in [1.82, 2.24) is 10.2 Å². The molecule has 4 aliphatic rings. The van der Waals surface area contributed by atoms with Crippen LogP contribution in [0.3, 0.4) is 0 Å². The van der Waals surface area contributed by atoms with Gasteiger partial charge in [-0.2, -0.15) is 0 Å². The highest BCUT2D eigenvalue weighted by Crippen LogP contribution is 2.55. The Morgan fingerprint density at radius 3 is 2.40 bits per heavy atom. The fourth-order valence-electron chi connectivity index (χ4n) is 5.98.